The van der Waals surface area contributed by atoms with Crippen LogP contribution in [-0.2, 0) is 15.1 Å². The van der Waals surface area contributed by atoms with Gasteiger partial charge in [-0.2, -0.15) is 13.2 Å². The number of para-hydroxylation sites is 1. The molecule has 1 atom stereocenters. The predicted molar refractivity (Wildman–Crippen MR) is 108 cm³/mol. The zero-order valence-electron chi connectivity index (χ0n) is 17.2. The molecule has 1 heterocycles. The van der Waals surface area contributed by atoms with E-state index in [0.29, 0.717) is 13.1 Å². The minimum atomic E-state index is -4.93. The molecule has 1 fully saturated rings. The number of nitrogens with zero attached hydrogens (tertiary/aromatic N) is 2. The fraction of sp³-hybridized carbons (Fsp3) is 0.409. The molecule has 1 saturated heterocycles. The summed E-state index contributed by atoms with van der Waals surface area (Å²) in [5, 5.41) is 10.0. The fourth-order valence-electron chi connectivity index (χ4n) is 4.14. The molecule has 162 valence electrons. The van der Waals surface area contributed by atoms with Crippen LogP contribution in [0, 0.1) is 13.8 Å². The highest BCUT2D eigenvalue weighted by atomic mass is 19.4. The summed E-state index contributed by atoms with van der Waals surface area (Å²) in [5.41, 5.74) is -1.74. The van der Waals surface area contributed by atoms with Crippen molar-refractivity contribution in [3.8, 4) is 5.75 Å². The third kappa shape index (κ3) is 3.60. The number of piperazine rings is 1. The van der Waals surface area contributed by atoms with Gasteiger partial charge in [0.1, 0.15) is 5.75 Å². The van der Waals surface area contributed by atoms with Crippen molar-refractivity contribution in [2.24, 2.45) is 0 Å². The summed E-state index contributed by atoms with van der Waals surface area (Å²) in [4.78, 5) is 15.9. The van der Waals surface area contributed by atoms with Gasteiger partial charge in [-0.3, -0.25) is 4.90 Å². The first-order chi connectivity index (χ1) is 14.1. The van der Waals surface area contributed by atoms with Gasteiger partial charge in [0.05, 0.1) is 7.11 Å². The Bertz CT molecular complexity index is 887. The van der Waals surface area contributed by atoms with E-state index in [9.17, 15) is 23.1 Å². The number of carbonyl (C=O) groups is 1. The van der Waals surface area contributed by atoms with Crippen LogP contribution < -0.4 is 4.90 Å². The molecule has 2 aromatic carbocycles. The van der Waals surface area contributed by atoms with Gasteiger partial charge in [-0.15, -0.1) is 0 Å². The van der Waals surface area contributed by atoms with Crippen LogP contribution >= 0.6 is 0 Å². The Labute approximate surface area is 173 Å². The van der Waals surface area contributed by atoms with Crippen LogP contribution in [0.1, 0.15) is 16.7 Å². The predicted octanol–water partition coefficient (Wildman–Crippen LogP) is 3.76. The lowest BCUT2D eigenvalue weighted by molar-refractivity contribution is -0.245. The number of anilines is 1. The van der Waals surface area contributed by atoms with Crippen LogP contribution in [-0.4, -0.2) is 55.4 Å². The van der Waals surface area contributed by atoms with E-state index in [-0.39, 0.29) is 35.5 Å². The summed E-state index contributed by atoms with van der Waals surface area (Å²) in [6.45, 7) is 3.71. The minimum Gasteiger partial charge on any atom is -0.507 e. The van der Waals surface area contributed by atoms with Gasteiger partial charge >= 0.3 is 12.1 Å². The molecule has 0 spiro atoms. The quantitative estimate of drug-likeness (QED) is 0.761. The van der Waals surface area contributed by atoms with Gasteiger partial charge < -0.3 is 14.7 Å². The Morgan fingerprint density at radius 1 is 1.00 bits per heavy atom. The maximum Gasteiger partial charge on any atom is 0.421 e. The molecule has 0 saturated carbocycles. The number of aryl methyl sites for hydroxylation is 2. The number of halogens is 3. The molecular weight excluding hydrogens is 397 g/mol. The van der Waals surface area contributed by atoms with E-state index in [1.165, 1.54) is 26.0 Å². The molecule has 1 aliphatic heterocycles. The van der Waals surface area contributed by atoms with Crippen LogP contribution in [0.2, 0.25) is 0 Å². The second kappa shape index (κ2) is 8.18. The third-order valence-electron chi connectivity index (χ3n) is 5.68. The first-order valence-electron chi connectivity index (χ1n) is 9.63. The van der Waals surface area contributed by atoms with Gasteiger partial charge in [-0.05, 0) is 54.8 Å². The number of esters is 1. The SMILES string of the molecule is COC(=O)[C@@](c1cc(C)c(O)c(C)c1)(N1CCN(c2ccccc2)CC1)C(F)(F)F. The maximum atomic E-state index is 14.6. The summed E-state index contributed by atoms with van der Waals surface area (Å²) in [6.07, 6.45) is -4.93. The van der Waals surface area contributed by atoms with Crippen molar-refractivity contribution in [1.29, 1.82) is 0 Å². The first-order valence-corrected chi connectivity index (χ1v) is 9.63. The second-order valence-corrected chi connectivity index (χ2v) is 7.47. The smallest absolute Gasteiger partial charge is 0.421 e. The van der Waals surface area contributed by atoms with Crippen molar-refractivity contribution in [3.63, 3.8) is 0 Å². The van der Waals surface area contributed by atoms with Crippen molar-refractivity contribution in [2.75, 3.05) is 38.2 Å². The summed E-state index contributed by atoms with van der Waals surface area (Å²) in [7, 11) is 0.961. The molecule has 0 amide bonds. The molecule has 5 nitrogen and oxygen atoms in total. The Morgan fingerprint density at radius 2 is 1.53 bits per heavy atom. The minimum absolute atomic E-state index is 0.0163. The number of phenolic OH excluding ortho intramolecular Hbond substituents is 1. The maximum absolute atomic E-state index is 14.6. The van der Waals surface area contributed by atoms with Crippen molar-refractivity contribution < 1.29 is 27.8 Å². The Kier molecular flexibility index (Phi) is 5.99. The van der Waals surface area contributed by atoms with Crippen molar-refractivity contribution >= 4 is 11.7 Å². The molecule has 3 rings (SSSR count). The number of carbonyl (C=O) groups excluding carboxylic acids is 1. The molecular formula is C22H25F3N2O3. The zero-order chi connectivity index (χ0) is 22.1. The first kappa shape index (κ1) is 22.0. The van der Waals surface area contributed by atoms with Gasteiger partial charge in [0.2, 0.25) is 5.54 Å². The lowest BCUT2D eigenvalue weighted by Gasteiger charge is -2.47. The lowest BCUT2D eigenvalue weighted by Crippen LogP contribution is -2.65. The molecule has 2 aromatic rings. The average molecular weight is 422 g/mol. The Balaban J connectivity index is 2.06. The topological polar surface area (TPSA) is 53.0 Å². The van der Waals surface area contributed by atoms with Crippen LogP contribution in [0.4, 0.5) is 18.9 Å². The normalized spacial score (nSPS) is 17.5. The molecule has 0 bridgehead atoms. The van der Waals surface area contributed by atoms with Gasteiger partial charge in [-0.1, -0.05) is 18.2 Å². The number of hydrogen-bond acceptors (Lipinski definition) is 5. The van der Waals surface area contributed by atoms with Gasteiger partial charge in [0.15, 0.2) is 0 Å². The van der Waals surface area contributed by atoms with Crippen LogP contribution in [0.5, 0.6) is 5.75 Å². The summed E-state index contributed by atoms with van der Waals surface area (Å²) in [6, 6.07) is 11.9. The van der Waals surface area contributed by atoms with E-state index in [0.717, 1.165) is 17.7 Å². The Hall–Kier alpha value is -2.74. The second-order valence-electron chi connectivity index (χ2n) is 7.47. The number of phenols is 1. The van der Waals surface area contributed by atoms with E-state index < -0.39 is 17.7 Å². The highest BCUT2D eigenvalue weighted by Gasteiger charge is 2.66. The summed E-state index contributed by atoms with van der Waals surface area (Å²) >= 11 is 0. The molecule has 0 aliphatic carbocycles. The number of benzene rings is 2. The molecule has 1 N–H and O–H groups in total. The van der Waals surface area contributed by atoms with E-state index in [2.05, 4.69) is 0 Å². The molecule has 0 unspecified atom stereocenters. The lowest BCUT2D eigenvalue weighted by atomic mass is 9.84. The largest absolute Gasteiger partial charge is 0.507 e. The molecule has 8 heteroatoms. The molecule has 0 aromatic heterocycles. The van der Waals surface area contributed by atoms with Crippen LogP contribution in [0.3, 0.4) is 0 Å². The number of rotatable bonds is 4. The number of hydrogen-bond donors (Lipinski definition) is 1. The highest BCUT2D eigenvalue weighted by Crippen LogP contribution is 2.47. The van der Waals surface area contributed by atoms with Gasteiger partial charge in [0.25, 0.3) is 0 Å². The third-order valence-corrected chi connectivity index (χ3v) is 5.68. The van der Waals surface area contributed by atoms with Crippen molar-refractivity contribution in [3.05, 3.63) is 59.2 Å². The molecule has 0 radical (unpaired) electrons. The van der Waals surface area contributed by atoms with E-state index in [1.807, 2.05) is 35.2 Å². The number of ether oxygens (including phenoxy) is 1. The average Bonchev–Trinajstić information content (AvgIpc) is 2.72. The molecule has 30 heavy (non-hydrogen) atoms. The standard InChI is InChI=1S/C22H25F3N2O3/c1-15-13-17(14-16(2)19(15)28)21(20(29)30-3,22(23,24)25)27-11-9-26(10-12-27)18-7-5-4-6-8-18/h4-8,13-14,28H,9-12H2,1-3H3/t21-/m1/s1. The summed E-state index contributed by atoms with van der Waals surface area (Å²) in [5.74, 6) is -1.47. The fourth-order valence-corrected chi connectivity index (χ4v) is 4.14. The number of alkyl halides is 3. The van der Waals surface area contributed by atoms with E-state index in [4.69, 9.17) is 4.74 Å². The van der Waals surface area contributed by atoms with E-state index >= 15 is 0 Å². The summed E-state index contributed by atoms with van der Waals surface area (Å²) < 4.78 is 48.6. The highest BCUT2D eigenvalue weighted by molar-refractivity contribution is 5.84. The Morgan fingerprint density at radius 3 is 2.00 bits per heavy atom. The van der Waals surface area contributed by atoms with Crippen LogP contribution in [0.25, 0.3) is 0 Å². The molecule has 1 aliphatic rings. The van der Waals surface area contributed by atoms with Crippen molar-refractivity contribution in [2.45, 2.75) is 25.6 Å². The zero-order valence-corrected chi connectivity index (χ0v) is 17.2. The van der Waals surface area contributed by atoms with Crippen LogP contribution in [0.15, 0.2) is 42.5 Å². The number of aromatic hydroxyl groups is 1. The van der Waals surface area contributed by atoms with E-state index in [1.54, 1.807) is 0 Å². The van der Waals surface area contributed by atoms with Gasteiger partial charge in [-0.25, -0.2) is 4.79 Å². The monoisotopic (exact) mass is 422 g/mol. The van der Waals surface area contributed by atoms with Gasteiger partial charge in [0, 0.05) is 31.9 Å². The number of methoxy groups -OCH3 is 1. The van der Waals surface area contributed by atoms with Crippen molar-refractivity contribution in [1.82, 2.24) is 4.90 Å².